The van der Waals surface area contributed by atoms with Gasteiger partial charge < -0.3 is 4.74 Å². The number of carbonyl (C=O) groups excluding carboxylic acids is 4. The van der Waals surface area contributed by atoms with E-state index in [1.165, 1.54) is 31.4 Å². The van der Waals surface area contributed by atoms with Gasteiger partial charge in [-0.25, -0.2) is 5.01 Å². The number of rotatable bonds is 6. The van der Waals surface area contributed by atoms with Crippen LogP contribution in [0.3, 0.4) is 0 Å². The van der Waals surface area contributed by atoms with Gasteiger partial charge in [-0.1, -0.05) is 55.6 Å². The monoisotopic (exact) mass is 610 g/mol. The van der Waals surface area contributed by atoms with Crippen LogP contribution in [0.15, 0.2) is 48.5 Å². The lowest BCUT2D eigenvalue weighted by molar-refractivity contribution is -0.154. The van der Waals surface area contributed by atoms with Gasteiger partial charge in [-0.2, -0.15) is 5.01 Å². The molecule has 4 atom stereocenters. The van der Waals surface area contributed by atoms with Crippen LogP contribution in [0.5, 0.6) is 5.75 Å². The van der Waals surface area contributed by atoms with Crippen molar-refractivity contribution in [2.45, 2.75) is 22.5 Å². The number of amides is 3. The maximum atomic E-state index is 13.5. The molecule has 1 aliphatic heterocycles. The van der Waals surface area contributed by atoms with E-state index in [1.807, 2.05) is 0 Å². The number of hydrazine groups is 1. The Morgan fingerprint density at radius 2 is 1.59 bits per heavy atom. The van der Waals surface area contributed by atoms with Gasteiger partial charge in [0.25, 0.3) is 17.7 Å². The summed E-state index contributed by atoms with van der Waals surface area (Å²) in [5.41, 5.74) is 0.501. The zero-order valence-corrected chi connectivity index (χ0v) is 22.0. The van der Waals surface area contributed by atoms with E-state index in [2.05, 4.69) is 31.9 Å². The molecule has 0 spiro atoms. The van der Waals surface area contributed by atoms with Crippen LogP contribution in [0.2, 0.25) is 5.02 Å². The van der Waals surface area contributed by atoms with E-state index in [4.69, 9.17) is 16.3 Å². The molecule has 0 unspecified atom stereocenters. The zero-order valence-electron chi connectivity index (χ0n) is 18.1. The molecule has 0 bridgehead atoms. The van der Waals surface area contributed by atoms with Crippen molar-refractivity contribution in [1.29, 1.82) is 0 Å². The minimum absolute atomic E-state index is 0.0179. The highest BCUT2D eigenvalue weighted by molar-refractivity contribution is 9.12. The zero-order chi connectivity index (χ0) is 24.6. The van der Waals surface area contributed by atoms with Gasteiger partial charge in [0.15, 0.2) is 5.78 Å². The average molecular weight is 613 g/mol. The molecule has 2 aromatic carbocycles. The number of carbonyl (C=O) groups is 4. The molecule has 10 heteroatoms. The Bertz CT molecular complexity index is 1110. The minimum Gasteiger partial charge on any atom is -0.497 e. The number of fused-ring (bicyclic) bond motifs is 1. The molecule has 0 aromatic heterocycles. The molecule has 3 amide bonds. The average Bonchev–Trinajstić information content (AvgIpc) is 3.06. The van der Waals surface area contributed by atoms with Crippen molar-refractivity contribution in [3.8, 4) is 5.75 Å². The van der Waals surface area contributed by atoms with E-state index in [9.17, 15) is 19.2 Å². The number of benzene rings is 2. The first kappa shape index (κ1) is 24.9. The lowest BCUT2D eigenvalue weighted by Gasteiger charge is -2.30. The Labute approximate surface area is 218 Å². The molecule has 0 radical (unpaired) electrons. The van der Waals surface area contributed by atoms with Gasteiger partial charge in [-0.3, -0.25) is 19.2 Å². The Balaban J connectivity index is 1.69. The molecule has 0 N–H and O–H groups in total. The minimum atomic E-state index is -0.640. The Hall–Kier alpha value is -2.23. The first-order chi connectivity index (χ1) is 16.2. The summed E-state index contributed by atoms with van der Waals surface area (Å²) in [4.78, 5) is 53.5. The lowest BCUT2D eigenvalue weighted by Crippen LogP contribution is -2.52. The molecule has 34 heavy (non-hydrogen) atoms. The van der Waals surface area contributed by atoms with Gasteiger partial charge in [0.1, 0.15) is 12.3 Å². The van der Waals surface area contributed by atoms with Gasteiger partial charge in [0, 0.05) is 25.8 Å². The standard InChI is InChI=1S/C24H21Br2ClN2O5/c1-34-16-4-2-3-14(9-16)21(30)12-28(22(31)13-5-7-15(27)8-6-13)29-23(32)17-10-19(25)20(26)11-18(17)24(29)33/h2-9,17-20H,10-12H2,1H3/t17-,18-,19+,20+/m1/s1. The summed E-state index contributed by atoms with van der Waals surface area (Å²) in [5, 5.41) is 2.26. The third-order valence-electron chi connectivity index (χ3n) is 6.14. The normalized spacial score (nSPS) is 24.1. The van der Waals surface area contributed by atoms with E-state index in [0.29, 0.717) is 29.2 Å². The van der Waals surface area contributed by atoms with Crippen LogP contribution < -0.4 is 4.74 Å². The topological polar surface area (TPSA) is 84.0 Å². The van der Waals surface area contributed by atoms with E-state index in [-0.39, 0.29) is 15.2 Å². The van der Waals surface area contributed by atoms with E-state index >= 15 is 0 Å². The van der Waals surface area contributed by atoms with Crippen LogP contribution in [0, 0.1) is 11.8 Å². The predicted octanol–water partition coefficient (Wildman–Crippen LogP) is 4.51. The first-order valence-corrected chi connectivity index (χ1v) is 12.8. The van der Waals surface area contributed by atoms with E-state index in [1.54, 1.807) is 24.3 Å². The number of hydrogen-bond acceptors (Lipinski definition) is 5. The summed E-state index contributed by atoms with van der Waals surface area (Å²) in [6.45, 7) is -0.485. The number of ketones is 1. The highest BCUT2D eigenvalue weighted by atomic mass is 79.9. The maximum absolute atomic E-state index is 13.5. The molecule has 1 heterocycles. The SMILES string of the molecule is COc1cccc(C(=O)CN(C(=O)c2ccc(Cl)cc2)N2C(=O)[C@@H]3C[C@H](Br)[C@@H](Br)C[C@H]3C2=O)c1. The summed E-state index contributed by atoms with van der Waals surface area (Å²) < 4.78 is 5.18. The van der Waals surface area contributed by atoms with Crippen LogP contribution in [0.1, 0.15) is 33.6 Å². The number of imide groups is 1. The van der Waals surface area contributed by atoms with Crippen LogP contribution in [-0.2, 0) is 9.59 Å². The predicted molar refractivity (Wildman–Crippen MR) is 133 cm³/mol. The number of methoxy groups -OCH3 is 1. The second-order valence-electron chi connectivity index (χ2n) is 8.23. The summed E-state index contributed by atoms with van der Waals surface area (Å²) >= 11 is 13.1. The molecular formula is C24H21Br2ClN2O5. The summed E-state index contributed by atoms with van der Waals surface area (Å²) in [6.07, 6.45) is 0.906. The lowest BCUT2D eigenvalue weighted by atomic mass is 9.81. The molecule has 1 aliphatic carbocycles. The number of Topliss-reactive ketones (excluding diaryl/α,β-unsaturated/α-hetero) is 1. The number of alkyl halides is 2. The summed E-state index contributed by atoms with van der Waals surface area (Å²) in [5.74, 6) is -2.66. The van der Waals surface area contributed by atoms with E-state index in [0.717, 1.165) is 10.0 Å². The van der Waals surface area contributed by atoms with Gasteiger partial charge in [0.05, 0.1) is 18.9 Å². The van der Waals surface area contributed by atoms with Crippen molar-refractivity contribution in [2.75, 3.05) is 13.7 Å². The fraction of sp³-hybridized carbons (Fsp3) is 0.333. The van der Waals surface area contributed by atoms with Crippen molar-refractivity contribution >= 4 is 67.0 Å². The molecule has 7 nitrogen and oxygen atoms in total. The van der Waals surface area contributed by atoms with Crippen LogP contribution in [0.25, 0.3) is 0 Å². The first-order valence-electron chi connectivity index (χ1n) is 10.6. The van der Waals surface area contributed by atoms with Crippen LogP contribution in [-0.4, -0.2) is 56.8 Å². The van der Waals surface area contributed by atoms with Crippen LogP contribution >= 0.6 is 43.5 Å². The highest BCUT2D eigenvalue weighted by Gasteiger charge is 2.54. The molecule has 1 saturated carbocycles. The Morgan fingerprint density at radius 1 is 1.00 bits per heavy atom. The van der Waals surface area contributed by atoms with Crippen molar-refractivity contribution in [3.63, 3.8) is 0 Å². The fourth-order valence-electron chi connectivity index (χ4n) is 4.31. The highest BCUT2D eigenvalue weighted by Crippen LogP contribution is 2.43. The van der Waals surface area contributed by atoms with Crippen molar-refractivity contribution < 1.29 is 23.9 Å². The second kappa shape index (κ2) is 10.2. The molecule has 2 aliphatic rings. The van der Waals surface area contributed by atoms with Crippen molar-refractivity contribution in [3.05, 3.63) is 64.7 Å². The van der Waals surface area contributed by atoms with Gasteiger partial charge in [0.2, 0.25) is 0 Å². The second-order valence-corrected chi connectivity index (χ2v) is 11.0. The van der Waals surface area contributed by atoms with Gasteiger partial charge in [-0.05, 0) is 49.2 Å². The number of ether oxygens (including phenoxy) is 1. The third-order valence-corrected chi connectivity index (χ3v) is 9.13. The molecule has 1 saturated heterocycles. The van der Waals surface area contributed by atoms with Crippen molar-refractivity contribution in [2.24, 2.45) is 11.8 Å². The van der Waals surface area contributed by atoms with Crippen LogP contribution in [0.4, 0.5) is 0 Å². The summed E-state index contributed by atoms with van der Waals surface area (Å²) in [6, 6.07) is 12.6. The Morgan fingerprint density at radius 3 is 2.15 bits per heavy atom. The number of halogens is 3. The molecule has 178 valence electrons. The van der Waals surface area contributed by atoms with Gasteiger partial charge in [-0.15, -0.1) is 0 Å². The molecular weight excluding hydrogens is 592 g/mol. The number of nitrogens with zero attached hydrogens (tertiary/aromatic N) is 2. The summed E-state index contributed by atoms with van der Waals surface area (Å²) in [7, 11) is 1.48. The fourth-order valence-corrected chi connectivity index (χ4v) is 5.68. The Kier molecular flexibility index (Phi) is 7.45. The molecule has 2 fully saturated rings. The van der Waals surface area contributed by atoms with Gasteiger partial charge >= 0.3 is 0 Å². The molecule has 2 aromatic rings. The largest absolute Gasteiger partial charge is 0.497 e. The molecule has 4 rings (SSSR count). The maximum Gasteiger partial charge on any atom is 0.273 e. The quantitative estimate of drug-likeness (QED) is 0.273. The smallest absolute Gasteiger partial charge is 0.273 e. The van der Waals surface area contributed by atoms with Crippen molar-refractivity contribution in [1.82, 2.24) is 10.0 Å². The number of hydrogen-bond donors (Lipinski definition) is 0. The third kappa shape index (κ3) is 4.78. The van der Waals surface area contributed by atoms with E-state index < -0.39 is 41.9 Å².